The van der Waals surface area contributed by atoms with E-state index < -0.39 is 18.0 Å². The molecule has 1 unspecified atom stereocenters. The lowest BCUT2D eigenvalue weighted by atomic mass is 9.93. The smallest absolute Gasteiger partial charge is 0.338 e. The van der Waals surface area contributed by atoms with E-state index in [2.05, 4.69) is 5.32 Å². The fourth-order valence-corrected chi connectivity index (χ4v) is 3.58. The van der Waals surface area contributed by atoms with E-state index in [0.717, 1.165) is 0 Å². The highest BCUT2D eigenvalue weighted by molar-refractivity contribution is 6.32. The zero-order valence-electron chi connectivity index (χ0n) is 18.3. The van der Waals surface area contributed by atoms with Gasteiger partial charge in [-0.1, -0.05) is 23.7 Å². The fraction of sp³-hybridized carbons (Fsp3) is 0.304. The lowest BCUT2D eigenvalue weighted by molar-refractivity contribution is -0.139. The number of ether oxygens (including phenoxy) is 4. The third kappa shape index (κ3) is 4.75. The predicted octanol–water partition coefficient (Wildman–Crippen LogP) is 3.95. The van der Waals surface area contributed by atoms with Crippen LogP contribution in [0.4, 0.5) is 4.79 Å². The molecule has 2 aromatic carbocycles. The standard InChI is InChI=1S/C23H25ClN2O6/c1-5-31-22(27)20-17(13-32-19-9-7-6-8-16(19)24)26(2)23(28)25-21(20)15-12-14(29-3)10-11-18(15)30-4/h6-12,21H,5,13H2,1-4H3,(H,25,28). The van der Waals surface area contributed by atoms with Crippen molar-refractivity contribution in [2.24, 2.45) is 0 Å². The molecule has 3 rings (SSSR count). The lowest BCUT2D eigenvalue weighted by Crippen LogP contribution is -2.48. The number of likely N-dealkylation sites (N-methyl/N-ethyl adjacent to an activating group) is 1. The summed E-state index contributed by atoms with van der Waals surface area (Å²) in [6.45, 7) is 1.80. The molecule has 170 valence electrons. The van der Waals surface area contributed by atoms with Crippen LogP contribution in [0.3, 0.4) is 0 Å². The summed E-state index contributed by atoms with van der Waals surface area (Å²) in [7, 11) is 4.60. The summed E-state index contributed by atoms with van der Waals surface area (Å²) in [5, 5.41) is 3.26. The number of halogens is 1. The molecule has 0 fully saturated rings. The third-order valence-electron chi connectivity index (χ3n) is 5.02. The SMILES string of the molecule is CCOC(=O)C1=C(COc2ccccc2Cl)N(C)C(=O)NC1c1cc(OC)ccc1OC. The summed E-state index contributed by atoms with van der Waals surface area (Å²) < 4.78 is 22.0. The molecule has 2 aromatic rings. The maximum Gasteiger partial charge on any atom is 0.338 e. The average Bonchev–Trinajstić information content (AvgIpc) is 2.80. The van der Waals surface area contributed by atoms with Crippen LogP contribution in [0.2, 0.25) is 5.02 Å². The molecule has 0 saturated carbocycles. The molecular formula is C23H25ClN2O6. The Balaban J connectivity index is 2.12. The van der Waals surface area contributed by atoms with Gasteiger partial charge in [0.15, 0.2) is 0 Å². The van der Waals surface area contributed by atoms with Gasteiger partial charge in [0.2, 0.25) is 0 Å². The molecule has 1 aliphatic rings. The van der Waals surface area contributed by atoms with E-state index in [1.54, 1.807) is 56.4 Å². The van der Waals surface area contributed by atoms with Gasteiger partial charge in [-0.05, 0) is 37.3 Å². The van der Waals surface area contributed by atoms with E-state index >= 15 is 0 Å². The number of nitrogens with zero attached hydrogens (tertiary/aromatic N) is 1. The molecule has 0 saturated heterocycles. The maximum absolute atomic E-state index is 13.1. The van der Waals surface area contributed by atoms with Gasteiger partial charge in [0.25, 0.3) is 0 Å². The second-order valence-electron chi connectivity index (χ2n) is 6.85. The number of hydrogen-bond donors (Lipinski definition) is 1. The topological polar surface area (TPSA) is 86.3 Å². The first kappa shape index (κ1) is 23.3. The summed E-state index contributed by atoms with van der Waals surface area (Å²) in [6.07, 6.45) is 0. The van der Waals surface area contributed by atoms with Gasteiger partial charge in [-0.3, -0.25) is 4.90 Å². The molecule has 2 amide bonds. The number of benzene rings is 2. The number of rotatable bonds is 8. The first-order valence-corrected chi connectivity index (χ1v) is 10.3. The Morgan fingerprint density at radius 2 is 1.88 bits per heavy atom. The van der Waals surface area contributed by atoms with Crippen molar-refractivity contribution in [1.29, 1.82) is 0 Å². The molecule has 8 nitrogen and oxygen atoms in total. The zero-order chi connectivity index (χ0) is 23.3. The van der Waals surface area contributed by atoms with Gasteiger partial charge in [-0.2, -0.15) is 0 Å². The van der Waals surface area contributed by atoms with Crippen LogP contribution in [0.15, 0.2) is 53.7 Å². The summed E-state index contributed by atoms with van der Waals surface area (Å²) in [4.78, 5) is 27.2. The minimum atomic E-state index is -0.840. The number of esters is 1. The number of methoxy groups -OCH3 is 2. The van der Waals surface area contributed by atoms with E-state index in [1.807, 2.05) is 0 Å². The van der Waals surface area contributed by atoms with Gasteiger partial charge in [0.05, 0.1) is 43.2 Å². The maximum atomic E-state index is 13.1. The second-order valence-corrected chi connectivity index (χ2v) is 7.26. The van der Waals surface area contributed by atoms with E-state index in [0.29, 0.717) is 33.5 Å². The van der Waals surface area contributed by atoms with Crippen LogP contribution >= 0.6 is 11.6 Å². The fourth-order valence-electron chi connectivity index (χ4n) is 3.39. The van der Waals surface area contributed by atoms with Crippen LogP contribution in [0.1, 0.15) is 18.5 Å². The first-order chi connectivity index (χ1) is 15.4. The van der Waals surface area contributed by atoms with Crippen molar-refractivity contribution < 1.29 is 28.5 Å². The van der Waals surface area contributed by atoms with Gasteiger partial charge >= 0.3 is 12.0 Å². The van der Waals surface area contributed by atoms with Gasteiger partial charge in [-0.25, -0.2) is 9.59 Å². The van der Waals surface area contributed by atoms with Crippen molar-refractivity contribution in [3.05, 3.63) is 64.3 Å². The van der Waals surface area contributed by atoms with Crippen LogP contribution in [0.25, 0.3) is 0 Å². The first-order valence-electron chi connectivity index (χ1n) is 9.94. The summed E-state index contributed by atoms with van der Waals surface area (Å²) in [6, 6.07) is 10.9. The largest absolute Gasteiger partial charge is 0.497 e. The number of hydrogen-bond acceptors (Lipinski definition) is 6. The number of carbonyl (C=O) groups is 2. The van der Waals surface area contributed by atoms with Crippen LogP contribution in [-0.2, 0) is 9.53 Å². The van der Waals surface area contributed by atoms with Crippen molar-refractivity contribution in [2.75, 3.05) is 34.5 Å². The van der Waals surface area contributed by atoms with Gasteiger partial charge in [-0.15, -0.1) is 0 Å². The molecule has 0 bridgehead atoms. The molecule has 1 heterocycles. The third-order valence-corrected chi connectivity index (χ3v) is 5.33. The number of amides is 2. The molecule has 32 heavy (non-hydrogen) atoms. The van der Waals surface area contributed by atoms with Crippen LogP contribution < -0.4 is 19.5 Å². The highest BCUT2D eigenvalue weighted by Crippen LogP contribution is 2.38. The summed E-state index contributed by atoms with van der Waals surface area (Å²) >= 11 is 6.20. The van der Waals surface area contributed by atoms with Gasteiger partial charge in [0.1, 0.15) is 23.9 Å². The van der Waals surface area contributed by atoms with Crippen LogP contribution in [0.5, 0.6) is 17.2 Å². The monoisotopic (exact) mass is 460 g/mol. The number of nitrogens with one attached hydrogen (secondary N) is 1. The Morgan fingerprint density at radius 1 is 1.12 bits per heavy atom. The molecular weight excluding hydrogens is 436 g/mol. The van der Waals surface area contributed by atoms with Gasteiger partial charge in [0, 0.05) is 12.6 Å². The lowest BCUT2D eigenvalue weighted by Gasteiger charge is -2.35. The minimum absolute atomic E-state index is 0.0788. The van der Waals surface area contributed by atoms with Gasteiger partial charge < -0.3 is 24.3 Å². The van der Waals surface area contributed by atoms with E-state index in [-0.39, 0.29) is 18.8 Å². The van der Waals surface area contributed by atoms with Crippen molar-refractivity contribution in [3.63, 3.8) is 0 Å². The molecule has 0 spiro atoms. The average molecular weight is 461 g/mol. The van der Waals surface area contributed by atoms with Crippen molar-refractivity contribution in [3.8, 4) is 17.2 Å². The highest BCUT2D eigenvalue weighted by Gasteiger charge is 2.38. The van der Waals surface area contributed by atoms with E-state index in [9.17, 15) is 9.59 Å². The molecule has 9 heteroatoms. The Morgan fingerprint density at radius 3 is 2.53 bits per heavy atom. The quantitative estimate of drug-likeness (QED) is 0.600. The van der Waals surface area contributed by atoms with E-state index in [4.69, 9.17) is 30.5 Å². The molecule has 1 atom stereocenters. The predicted molar refractivity (Wildman–Crippen MR) is 119 cm³/mol. The minimum Gasteiger partial charge on any atom is -0.497 e. The van der Waals surface area contributed by atoms with Crippen LogP contribution in [0, 0.1) is 0 Å². The Kier molecular flexibility index (Phi) is 7.48. The number of para-hydroxylation sites is 1. The number of urea groups is 1. The number of carbonyl (C=O) groups excluding carboxylic acids is 2. The Hall–Kier alpha value is -3.39. The molecule has 0 aromatic heterocycles. The Bertz CT molecular complexity index is 1040. The zero-order valence-corrected chi connectivity index (χ0v) is 19.1. The van der Waals surface area contributed by atoms with Crippen molar-refractivity contribution >= 4 is 23.6 Å². The summed E-state index contributed by atoms with van der Waals surface area (Å²) in [5.41, 5.74) is 1.13. The molecule has 0 aliphatic carbocycles. The normalized spacial score (nSPS) is 15.8. The summed E-state index contributed by atoms with van der Waals surface area (Å²) in [5.74, 6) is 0.881. The van der Waals surface area contributed by atoms with Crippen LogP contribution in [-0.4, -0.2) is 51.4 Å². The molecule has 1 aliphatic heterocycles. The second kappa shape index (κ2) is 10.3. The highest BCUT2D eigenvalue weighted by atomic mass is 35.5. The molecule has 0 radical (unpaired) electrons. The van der Waals surface area contributed by atoms with E-state index in [1.165, 1.54) is 19.1 Å². The van der Waals surface area contributed by atoms with Crippen molar-refractivity contribution in [1.82, 2.24) is 10.2 Å². The Labute approximate surface area is 191 Å². The molecule has 1 N–H and O–H groups in total. The van der Waals surface area contributed by atoms with Crippen molar-refractivity contribution in [2.45, 2.75) is 13.0 Å².